The molecular weight excluding hydrogens is 703 g/mol. The number of nitro groups is 1. The Morgan fingerprint density at radius 2 is 1.38 bits per heavy atom. The molecule has 0 fully saturated rings. The fraction of sp³-hybridized carbons (Fsp3) is 0.0741. The molecule has 4 rings (SSSR count). The van der Waals surface area contributed by atoms with E-state index >= 15 is 0 Å². The first-order chi connectivity index (χ1) is 22.1. The second-order valence-corrected chi connectivity index (χ2v) is 14.1. The number of hydrogen-bond acceptors (Lipinski definition) is 12. The van der Waals surface area contributed by atoms with Crippen LogP contribution >= 0.6 is 0 Å². The van der Waals surface area contributed by atoms with Crippen LogP contribution in [0.25, 0.3) is 10.8 Å². The Balaban J connectivity index is 1.89. The summed E-state index contributed by atoms with van der Waals surface area (Å²) in [6.45, 7) is 1.56. The van der Waals surface area contributed by atoms with Gasteiger partial charge in [0.15, 0.2) is 0 Å². The van der Waals surface area contributed by atoms with Gasteiger partial charge in [0.25, 0.3) is 47.9 Å². The Labute approximate surface area is 270 Å². The van der Waals surface area contributed by atoms with Crippen LogP contribution in [-0.4, -0.2) is 68.7 Å². The van der Waals surface area contributed by atoms with E-state index in [1.54, 1.807) is 6.92 Å². The molecule has 5 N–H and O–H groups in total. The number of rotatable bonds is 9. The normalized spacial score (nSPS) is 11.9. The van der Waals surface area contributed by atoms with Gasteiger partial charge in [0, 0.05) is 28.1 Å². The largest absolute Gasteiger partial charge is 0.465 e. The third kappa shape index (κ3) is 7.46. The van der Waals surface area contributed by atoms with Gasteiger partial charge in [-0.25, -0.2) is 4.79 Å². The highest BCUT2D eigenvalue weighted by Gasteiger charge is 2.28. The number of esters is 1. The molecular formula is C27H21N3O15S3. The SMILES string of the molecule is COC(=O)c1cc(NC(=O)c2ccc(C)cc2[N+](=O)[O-])cc(C(=O)Nc2ccc(S(=O)(=O)O)c3cc(S(=O)(=O)O)cc(S(=O)(=O)O)c23)c1. The number of anilines is 2. The summed E-state index contributed by atoms with van der Waals surface area (Å²) in [6.07, 6.45) is 0. The van der Waals surface area contributed by atoms with Gasteiger partial charge in [0.05, 0.1) is 28.2 Å². The number of carbonyl (C=O) groups is 3. The van der Waals surface area contributed by atoms with Crippen molar-refractivity contribution in [3.05, 3.63) is 93.0 Å². The summed E-state index contributed by atoms with van der Waals surface area (Å²) < 4.78 is 106. The molecule has 0 saturated heterocycles. The van der Waals surface area contributed by atoms with Crippen molar-refractivity contribution >= 4 is 76.0 Å². The fourth-order valence-corrected chi connectivity index (χ4v) is 6.56. The Kier molecular flexibility index (Phi) is 9.41. The third-order valence-electron chi connectivity index (χ3n) is 6.58. The first-order valence-electron chi connectivity index (χ1n) is 12.8. The van der Waals surface area contributed by atoms with Gasteiger partial charge < -0.3 is 15.4 Å². The van der Waals surface area contributed by atoms with E-state index in [1.165, 1.54) is 12.1 Å². The molecule has 48 heavy (non-hydrogen) atoms. The maximum atomic E-state index is 13.5. The number of aryl methyl sites for hydroxylation is 1. The quantitative estimate of drug-likeness (QED) is 0.0717. The molecule has 18 nitrogen and oxygen atoms in total. The van der Waals surface area contributed by atoms with Crippen LogP contribution in [-0.2, 0) is 35.1 Å². The van der Waals surface area contributed by atoms with Crippen molar-refractivity contribution in [3.8, 4) is 0 Å². The van der Waals surface area contributed by atoms with E-state index in [1.807, 2.05) is 0 Å². The van der Waals surface area contributed by atoms with Crippen molar-refractivity contribution in [2.75, 3.05) is 17.7 Å². The summed E-state index contributed by atoms with van der Waals surface area (Å²) in [7, 11) is -14.9. The van der Waals surface area contributed by atoms with Crippen LogP contribution in [0, 0.1) is 17.0 Å². The molecule has 0 spiro atoms. The predicted octanol–water partition coefficient (Wildman–Crippen LogP) is 3.09. The van der Waals surface area contributed by atoms with Crippen LogP contribution in [0.4, 0.5) is 17.1 Å². The second-order valence-electron chi connectivity index (χ2n) is 9.86. The lowest BCUT2D eigenvalue weighted by molar-refractivity contribution is -0.385. The minimum atomic E-state index is -5.44. The number of amides is 2. The van der Waals surface area contributed by atoms with Gasteiger partial charge in [-0.3, -0.25) is 33.4 Å². The standard InChI is InChI=1S/C27H21N3O15S3/c1-13-3-4-18(21(7-13)30(34)35)26(32)28-16-9-14(8-15(10-16)27(33)45-2)25(31)29-20-5-6-22(47(39,40)41)19-11-17(46(36,37)38)12-23(24(19)20)48(42,43)44/h3-12H,1-2H3,(H,28,32)(H,29,31)(H,36,37,38)(H,39,40,41)(H,42,43,44). The van der Waals surface area contributed by atoms with Crippen molar-refractivity contribution in [1.29, 1.82) is 0 Å². The Morgan fingerprint density at radius 1 is 0.750 bits per heavy atom. The number of nitrogens with zero attached hydrogens (tertiary/aromatic N) is 1. The van der Waals surface area contributed by atoms with Crippen LogP contribution in [0.1, 0.15) is 36.6 Å². The highest BCUT2D eigenvalue weighted by atomic mass is 32.2. The Bertz CT molecular complexity index is 2410. The van der Waals surface area contributed by atoms with E-state index in [9.17, 15) is 63.4 Å². The van der Waals surface area contributed by atoms with Crippen molar-refractivity contribution in [1.82, 2.24) is 0 Å². The van der Waals surface area contributed by atoms with E-state index in [0.717, 1.165) is 37.4 Å². The van der Waals surface area contributed by atoms with Gasteiger partial charge in [-0.05, 0) is 61.0 Å². The zero-order valence-electron chi connectivity index (χ0n) is 24.2. The highest BCUT2D eigenvalue weighted by Crippen LogP contribution is 2.37. The number of carbonyl (C=O) groups excluding carboxylic acids is 3. The van der Waals surface area contributed by atoms with Gasteiger partial charge in [0.1, 0.15) is 15.4 Å². The van der Waals surface area contributed by atoms with Crippen molar-refractivity contribution in [2.24, 2.45) is 0 Å². The molecule has 0 aliphatic heterocycles. The molecule has 0 unspecified atom stereocenters. The van der Waals surface area contributed by atoms with Gasteiger partial charge in [-0.15, -0.1) is 0 Å². The number of nitro benzene ring substituents is 1. The van der Waals surface area contributed by atoms with Crippen LogP contribution in [0.5, 0.6) is 0 Å². The molecule has 21 heteroatoms. The molecule has 252 valence electrons. The smallest absolute Gasteiger partial charge is 0.337 e. The van der Waals surface area contributed by atoms with E-state index in [-0.39, 0.29) is 22.9 Å². The van der Waals surface area contributed by atoms with Gasteiger partial charge >= 0.3 is 5.97 Å². The van der Waals surface area contributed by atoms with Crippen molar-refractivity contribution in [3.63, 3.8) is 0 Å². The number of nitrogens with one attached hydrogen (secondary N) is 2. The molecule has 2 amide bonds. The number of ether oxygens (including phenoxy) is 1. The Morgan fingerprint density at radius 3 is 1.94 bits per heavy atom. The van der Waals surface area contributed by atoms with Gasteiger partial charge in [-0.2, -0.15) is 25.3 Å². The minimum absolute atomic E-state index is 0.245. The topological polar surface area (TPSA) is 291 Å². The molecule has 0 heterocycles. The molecule has 0 aliphatic carbocycles. The fourth-order valence-electron chi connectivity index (χ4n) is 4.52. The monoisotopic (exact) mass is 723 g/mol. The van der Waals surface area contributed by atoms with Crippen molar-refractivity contribution < 1.29 is 63.0 Å². The zero-order valence-corrected chi connectivity index (χ0v) is 26.6. The van der Waals surface area contributed by atoms with Gasteiger partial charge in [-0.1, -0.05) is 6.07 Å². The Hall–Kier alpha value is -5.32. The molecule has 0 radical (unpaired) electrons. The summed E-state index contributed by atoms with van der Waals surface area (Å²) >= 11 is 0. The van der Waals surface area contributed by atoms with E-state index < -0.39 is 95.5 Å². The summed E-state index contributed by atoms with van der Waals surface area (Å²) in [6, 6.07) is 8.99. The van der Waals surface area contributed by atoms with Crippen LogP contribution < -0.4 is 10.6 Å². The minimum Gasteiger partial charge on any atom is -0.465 e. The number of hydrogen-bond donors (Lipinski definition) is 5. The zero-order chi connectivity index (χ0) is 35.9. The first kappa shape index (κ1) is 35.5. The lowest BCUT2D eigenvalue weighted by atomic mass is 10.1. The average molecular weight is 724 g/mol. The number of methoxy groups -OCH3 is 1. The third-order valence-corrected chi connectivity index (χ3v) is 9.20. The van der Waals surface area contributed by atoms with Crippen LogP contribution in [0.3, 0.4) is 0 Å². The molecule has 0 saturated carbocycles. The van der Waals surface area contributed by atoms with Crippen LogP contribution in [0.2, 0.25) is 0 Å². The lowest BCUT2D eigenvalue weighted by Crippen LogP contribution is -2.18. The van der Waals surface area contributed by atoms with E-state index in [2.05, 4.69) is 15.4 Å². The molecule has 4 aromatic rings. The summed E-state index contributed by atoms with van der Waals surface area (Å²) in [5, 5.41) is 14.4. The summed E-state index contributed by atoms with van der Waals surface area (Å²) in [5.74, 6) is -3.18. The number of fused-ring (bicyclic) bond motifs is 1. The van der Waals surface area contributed by atoms with E-state index in [0.29, 0.717) is 17.7 Å². The maximum Gasteiger partial charge on any atom is 0.337 e. The predicted molar refractivity (Wildman–Crippen MR) is 165 cm³/mol. The maximum absolute atomic E-state index is 13.5. The molecule has 0 bridgehead atoms. The second kappa shape index (κ2) is 12.7. The highest BCUT2D eigenvalue weighted by molar-refractivity contribution is 7.87. The lowest BCUT2D eigenvalue weighted by Gasteiger charge is -2.16. The average Bonchev–Trinajstić information content (AvgIpc) is 2.98. The van der Waals surface area contributed by atoms with Crippen molar-refractivity contribution in [2.45, 2.75) is 21.6 Å². The molecule has 0 aromatic heterocycles. The molecule has 4 aromatic carbocycles. The summed E-state index contributed by atoms with van der Waals surface area (Å²) in [4.78, 5) is 46.1. The van der Waals surface area contributed by atoms with E-state index in [4.69, 9.17) is 0 Å². The first-order valence-corrected chi connectivity index (χ1v) is 17.1. The summed E-state index contributed by atoms with van der Waals surface area (Å²) in [5.41, 5.74) is -2.00. The molecule has 0 aliphatic rings. The van der Waals surface area contributed by atoms with Gasteiger partial charge in [0.2, 0.25) is 0 Å². The number of benzene rings is 4. The molecule has 0 atom stereocenters. The van der Waals surface area contributed by atoms with Crippen LogP contribution in [0.15, 0.2) is 75.4 Å².